The minimum Gasteiger partial charge on any atom is -0.497 e. The van der Waals surface area contributed by atoms with Crippen LogP contribution in [0.4, 0.5) is 8.78 Å². The maximum Gasteiger partial charge on any atom is 0.254 e. The molecule has 5 nitrogen and oxygen atoms in total. The number of halogens is 2. The van der Waals surface area contributed by atoms with E-state index in [0.29, 0.717) is 18.0 Å². The predicted molar refractivity (Wildman–Crippen MR) is 90.9 cm³/mol. The number of oxazole rings is 1. The molecular weight excluding hydrogens is 342 g/mol. The molecule has 0 bridgehead atoms. The molecular formula is C19H16F2N2O3. The second-order valence-corrected chi connectivity index (χ2v) is 5.48. The molecule has 0 unspecified atom stereocenters. The highest BCUT2D eigenvalue weighted by molar-refractivity contribution is 5.94. The van der Waals surface area contributed by atoms with Crippen LogP contribution in [0.15, 0.2) is 53.1 Å². The van der Waals surface area contributed by atoms with Crippen LogP contribution in [0, 0.1) is 11.6 Å². The molecule has 0 aliphatic rings. The first kappa shape index (κ1) is 17.6. The minimum atomic E-state index is -1.16. The summed E-state index contributed by atoms with van der Waals surface area (Å²) in [4.78, 5) is 16.3. The molecule has 0 aliphatic heterocycles. The zero-order chi connectivity index (χ0) is 18.5. The van der Waals surface area contributed by atoms with Gasteiger partial charge in [-0.1, -0.05) is 6.07 Å². The number of carbonyl (C=O) groups excluding carboxylic acids is 1. The van der Waals surface area contributed by atoms with Gasteiger partial charge in [0.2, 0.25) is 5.89 Å². The van der Waals surface area contributed by atoms with E-state index in [0.717, 1.165) is 17.4 Å². The van der Waals surface area contributed by atoms with Gasteiger partial charge in [0.25, 0.3) is 5.91 Å². The van der Waals surface area contributed by atoms with Gasteiger partial charge in [-0.3, -0.25) is 4.79 Å². The van der Waals surface area contributed by atoms with Crippen molar-refractivity contribution in [2.75, 3.05) is 13.7 Å². The summed E-state index contributed by atoms with van der Waals surface area (Å²) in [6.45, 7) is 0.212. The molecule has 3 rings (SSSR count). The van der Waals surface area contributed by atoms with E-state index in [1.54, 1.807) is 19.2 Å². The van der Waals surface area contributed by atoms with E-state index >= 15 is 0 Å². The molecule has 1 aromatic heterocycles. The maximum absolute atomic E-state index is 13.6. The molecule has 0 radical (unpaired) electrons. The number of nitrogens with one attached hydrogen (secondary N) is 1. The number of hydrogen-bond acceptors (Lipinski definition) is 4. The Balaban J connectivity index is 1.58. The van der Waals surface area contributed by atoms with Crippen LogP contribution >= 0.6 is 0 Å². The van der Waals surface area contributed by atoms with Crippen molar-refractivity contribution in [2.24, 2.45) is 0 Å². The number of carbonyl (C=O) groups is 1. The van der Waals surface area contributed by atoms with Gasteiger partial charge in [0.05, 0.1) is 18.4 Å². The minimum absolute atomic E-state index is 0.212. The topological polar surface area (TPSA) is 64.4 Å². The van der Waals surface area contributed by atoms with Crippen molar-refractivity contribution in [1.82, 2.24) is 10.3 Å². The Hall–Kier alpha value is -3.22. The molecule has 2 aromatic carbocycles. The molecule has 0 fully saturated rings. The third kappa shape index (κ3) is 3.88. The molecule has 26 heavy (non-hydrogen) atoms. The van der Waals surface area contributed by atoms with Gasteiger partial charge >= 0.3 is 0 Å². The Morgan fingerprint density at radius 2 is 1.96 bits per heavy atom. The van der Waals surface area contributed by atoms with Crippen LogP contribution in [0.2, 0.25) is 0 Å². The van der Waals surface area contributed by atoms with Gasteiger partial charge in [-0.05, 0) is 36.4 Å². The van der Waals surface area contributed by atoms with Crippen molar-refractivity contribution in [3.8, 4) is 17.2 Å². The quantitative estimate of drug-likeness (QED) is 0.731. The molecule has 0 saturated carbocycles. The molecule has 0 saturated heterocycles. The fraction of sp³-hybridized carbons (Fsp3) is 0.158. The van der Waals surface area contributed by atoms with Crippen molar-refractivity contribution in [2.45, 2.75) is 6.42 Å². The highest BCUT2D eigenvalue weighted by Crippen LogP contribution is 2.21. The Labute approximate surface area is 148 Å². The van der Waals surface area contributed by atoms with Crippen molar-refractivity contribution < 1.29 is 22.7 Å². The van der Waals surface area contributed by atoms with E-state index in [1.807, 2.05) is 12.1 Å². The monoisotopic (exact) mass is 358 g/mol. The fourth-order valence-corrected chi connectivity index (χ4v) is 2.37. The Morgan fingerprint density at radius 1 is 1.19 bits per heavy atom. The summed E-state index contributed by atoms with van der Waals surface area (Å²) >= 11 is 0. The third-order valence-electron chi connectivity index (χ3n) is 3.75. The largest absolute Gasteiger partial charge is 0.497 e. The van der Waals surface area contributed by atoms with E-state index in [2.05, 4.69) is 10.3 Å². The molecule has 1 amide bonds. The van der Waals surface area contributed by atoms with Crippen LogP contribution in [0.1, 0.15) is 16.1 Å². The molecule has 134 valence electrons. The average Bonchev–Trinajstić information content (AvgIpc) is 3.13. The summed E-state index contributed by atoms with van der Waals surface area (Å²) < 4.78 is 37.3. The van der Waals surface area contributed by atoms with Gasteiger partial charge in [-0.15, -0.1) is 0 Å². The highest BCUT2D eigenvalue weighted by atomic mass is 19.2. The first-order chi connectivity index (χ1) is 12.6. The molecule has 1 heterocycles. The number of aromatic nitrogens is 1. The normalized spacial score (nSPS) is 10.6. The van der Waals surface area contributed by atoms with E-state index in [4.69, 9.17) is 9.15 Å². The first-order valence-corrected chi connectivity index (χ1v) is 7.89. The lowest BCUT2D eigenvalue weighted by Crippen LogP contribution is -2.26. The van der Waals surface area contributed by atoms with Gasteiger partial charge in [0.15, 0.2) is 11.6 Å². The average molecular weight is 358 g/mol. The summed E-state index contributed by atoms with van der Waals surface area (Å²) in [6, 6.07) is 10.7. The zero-order valence-electron chi connectivity index (χ0n) is 14.0. The molecule has 0 spiro atoms. The zero-order valence-corrected chi connectivity index (χ0v) is 14.0. The van der Waals surface area contributed by atoms with Gasteiger partial charge in [-0.2, -0.15) is 0 Å². The van der Waals surface area contributed by atoms with E-state index in [1.165, 1.54) is 18.4 Å². The lowest BCUT2D eigenvalue weighted by atomic mass is 10.2. The van der Waals surface area contributed by atoms with Crippen LogP contribution in [0.3, 0.4) is 0 Å². The van der Waals surface area contributed by atoms with Crippen LogP contribution in [0.25, 0.3) is 11.5 Å². The molecule has 0 aliphatic carbocycles. The Bertz CT molecular complexity index is 907. The van der Waals surface area contributed by atoms with Crippen LogP contribution < -0.4 is 10.1 Å². The Morgan fingerprint density at radius 3 is 2.69 bits per heavy atom. The lowest BCUT2D eigenvalue weighted by molar-refractivity contribution is 0.0949. The maximum atomic E-state index is 13.6. The number of amides is 1. The van der Waals surface area contributed by atoms with Crippen molar-refractivity contribution in [1.29, 1.82) is 0 Å². The lowest BCUT2D eigenvalue weighted by Gasteiger charge is -2.05. The first-order valence-electron chi connectivity index (χ1n) is 7.89. The molecule has 3 aromatic rings. The summed E-state index contributed by atoms with van der Waals surface area (Å²) in [5, 5.41) is 2.54. The van der Waals surface area contributed by atoms with Gasteiger partial charge in [0.1, 0.15) is 12.0 Å². The van der Waals surface area contributed by atoms with Gasteiger partial charge in [-0.25, -0.2) is 13.8 Å². The molecule has 1 N–H and O–H groups in total. The molecule has 7 heteroatoms. The van der Waals surface area contributed by atoms with Crippen molar-refractivity contribution in [3.05, 3.63) is 71.6 Å². The van der Waals surface area contributed by atoms with Crippen LogP contribution in [0.5, 0.6) is 5.75 Å². The van der Waals surface area contributed by atoms with Gasteiger partial charge < -0.3 is 14.5 Å². The number of nitrogens with zero attached hydrogens (tertiary/aromatic N) is 1. The van der Waals surface area contributed by atoms with E-state index in [9.17, 15) is 13.6 Å². The van der Waals surface area contributed by atoms with E-state index < -0.39 is 17.5 Å². The summed E-state index contributed by atoms with van der Waals surface area (Å²) in [7, 11) is 1.59. The number of hydrogen-bond donors (Lipinski definition) is 1. The van der Waals surface area contributed by atoms with Crippen molar-refractivity contribution in [3.63, 3.8) is 0 Å². The molecule has 0 atom stereocenters. The second kappa shape index (κ2) is 7.77. The smallest absolute Gasteiger partial charge is 0.254 e. The van der Waals surface area contributed by atoms with E-state index in [-0.39, 0.29) is 12.1 Å². The highest BCUT2D eigenvalue weighted by Gasteiger charge is 2.15. The number of ether oxygens (including phenoxy) is 1. The number of methoxy groups -OCH3 is 1. The summed E-state index contributed by atoms with van der Waals surface area (Å²) in [5.41, 5.74) is 1.10. The Kier molecular flexibility index (Phi) is 5.26. The predicted octanol–water partition coefficient (Wildman–Crippen LogP) is 3.60. The SMILES string of the molecule is COc1ccc(-c2nc(CCNC(=O)c3cccc(F)c3F)co2)cc1. The summed E-state index contributed by atoms with van der Waals surface area (Å²) in [5.74, 6) is -1.72. The standard InChI is InChI=1S/C19H16F2N2O3/c1-25-14-7-5-12(6-8-14)19-23-13(11-26-19)9-10-22-18(24)15-3-2-4-16(20)17(15)21/h2-8,11H,9-10H2,1H3,(H,22,24). The van der Waals surface area contributed by atoms with Gasteiger partial charge in [0, 0.05) is 18.5 Å². The van der Waals surface area contributed by atoms with Crippen LogP contribution in [-0.4, -0.2) is 24.5 Å². The second-order valence-electron chi connectivity index (χ2n) is 5.48. The van der Waals surface area contributed by atoms with Crippen LogP contribution in [-0.2, 0) is 6.42 Å². The fourth-order valence-electron chi connectivity index (χ4n) is 2.37. The number of benzene rings is 2. The summed E-state index contributed by atoms with van der Waals surface area (Å²) in [6.07, 6.45) is 1.89. The third-order valence-corrected chi connectivity index (χ3v) is 3.75. The van der Waals surface area contributed by atoms with Crippen molar-refractivity contribution >= 4 is 5.91 Å². The number of rotatable bonds is 6.